The molecule has 2 heterocycles. The van der Waals surface area contributed by atoms with Gasteiger partial charge in [0.25, 0.3) is 0 Å². The van der Waals surface area contributed by atoms with Gasteiger partial charge in [0.1, 0.15) is 0 Å². The van der Waals surface area contributed by atoms with Gasteiger partial charge in [-0.2, -0.15) is 10.2 Å². The summed E-state index contributed by atoms with van der Waals surface area (Å²) >= 11 is 10.2. The molecule has 0 saturated carbocycles. The summed E-state index contributed by atoms with van der Waals surface area (Å²) in [5, 5.41) is 8.56. The van der Waals surface area contributed by atoms with Gasteiger partial charge >= 0.3 is 0 Å². The third-order valence-electron chi connectivity index (χ3n) is 2.21. The molecule has 0 saturated heterocycles. The van der Waals surface area contributed by atoms with E-state index in [4.69, 9.17) is 0 Å². The highest BCUT2D eigenvalue weighted by molar-refractivity contribution is 9.11. The molecule has 0 atom stereocenters. The molecule has 0 bridgehead atoms. The highest BCUT2D eigenvalue weighted by atomic mass is 79.9. The lowest BCUT2D eigenvalue weighted by Gasteiger charge is -1.94. The van der Waals surface area contributed by atoms with Crippen molar-refractivity contribution < 1.29 is 0 Å². The van der Waals surface area contributed by atoms with Gasteiger partial charge in [0, 0.05) is 0 Å². The lowest BCUT2D eigenvalue weighted by molar-refractivity contribution is 1.22. The molecule has 6 heteroatoms. The van der Waals surface area contributed by atoms with Gasteiger partial charge in [-0.3, -0.25) is 0 Å². The lowest BCUT2D eigenvalue weighted by atomic mass is 10.3. The van der Waals surface area contributed by atoms with E-state index < -0.39 is 0 Å². The molecule has 0 aromatic carbocycles. The van der Waals surface area contributed by atoms with Crippen LogP contribution in [0.2, 0.25) is 0 Å². The first-order valence-corrected chi connectivity index (χ1v) is 8.38. The predicted molar refractivity (Wildman–Crippen MR) is 88.5 cm³/mol. The van der Waals surface area contributed by atoms with E-state index in [-0.39, 0.29) is 0 Å². The summed E-state index contributed by atoms with van der Waals surface area (Å²) in [4.78, 5) is 2.26. The van der Waals surface area contributed by atoms with Gasteiger partial charge < -0.3 is 0 Å². The molecule has 0 N–H and O–H groups in total. The Morgan fingerprint density at radius 1 is 0.833 bits per heavy atom. The van der Waals surface area contributed by atoms with Crippen molar-refractivity contribution in [3.05, 3.63) is 41.6 Å². The monoisotopic (exact) mass is 404 g/mol. The molecular formula is C12H10Br2N2S2. The Morgan fingerprint density at radius 3 is 1.50 bits per heavy atom. The number of rotatable bonds is 3. The number of hydrogen-bond acceptors (Lipinski definition) is 4. The molecule has 94 valence electrons. The molecular weight excluding hydrogens is 396 g/mol. The summed E-state index contributed by atoms with van der Waals surface area (Å²) in [6.07, 6.45) is 0. The fourth-order valence-corrected chi connectivity index (χ4v) is 3.92. The van der Waals surface area contributed by atoms with Gasteiger partial charge in [-0.05, 0) is 70.0 Å². The zero-order valence-corrected chi connectivity index (χ0v) is 14.6. The minimum Gasteiger partial charge on any atom is -0.154 e. The van der Waals surface area contributed by atoms with Gasteiger partial charge in [0.2, 0.25) is 0 Å². The van der Waals surface area contributed by atoms with Crippen molar-refractivity contribution in [2.24, 2.45) is 10.2 Å². The maximum atomic E-state index is 4.28. The Labute approximate surface area is 131 Å². The fourth-order valence-electron chi connectivity index (χ4n) is 1.27. The van der Waals surface area contributed by atoms with Crippen molar-refractivity contribution in [3.8, 4) is 0 Å². The van der Waals surface area contributed by atoms with Gasteiger partial charge in [-0.1, -0.05) is 0 Å². The maximum absolute atomic E-state index is 4.28. The van der Waals surface area contributed by atoms with Crippen LogP contribution < -0.4 is 0 Å². The largest absolute Gasteiger partial charge is 0.154 e. The maximum Gasteiger partial charge on any atom is 0.0771 e. The molecule has 2 rings (SSSR count). The van der Waals surface area contributed by atoms with E-state index in [1.807, 2.05) is 38.1 Å². The normalized spacial score (nSPS) is 13.1. The topological polar surface area (TPSA) is 24.7 Å². The Morgan fingerprint density at radius 2 is 1.22 bits per heavy atom. The average molecular weight is 406 g/mol. The third-order valence-corrected chi connectivity index (χ3v) is 5.67. The first-order valence-electron chi connectivity index (χ1n) is 5.16. The van der Waals surface area contributed by atoms with Crippen LogP contribution >= 0.6 is 54.5 Å². The van der Waals surface area contributed by atoms with Crippen LogP contribution in [0.1, 0.15) is 23.6 Å². The third kappa shape index (κ3) is 3.60. The smallest absolute Gasteiger partial charge is 0.0771 e. The standard InChI is InChI=1S/C12H10Br2N2S2/c1-7(9-3-5-11(13)17-9)15-16-8(2)10-4-6-12(14)18-10/h3-6H,1-2H3/b15-7-,16-8-. The molecule has 0 fully saturated rings. The molecule has 0 aliphatic heterocycles. The van der Waals surface area contributed by atoms with Crippen molar-refractivity contribution in [2.45, 2.75) is 13.8 Å². The second-order valence-corrected chi connectivity index (χ2v) is 8.50. The summed E-state index contributed by atoms with van der Waals surface area (Å²) in [6, 6.07) is 8.12. The van der Waals surface area contributed by atoms with Gasteiger partial charge in [0.15, 0.2) is 0 Å². The molecule has 2 nitrogen and oxygen atoms in total. The Balaban J connectivity index is 2.18. The molecule has 18 heavy (non-hydrogen) atoms. The summed E-state index contributed by atoms with van der Waals surface area (Å²) in [6.45, 7) is 3.94. The molecule has 2 aromatic rings. The quantitative estimate of drug-likeness (QED) is 0.471. The number of hydrogen-bond donors (Lipinski definition) is 0. The fraction of sp³-hybridized carbons (Fsp3) is 0.167. The van der Waals surface area contributed by atoms with Crippen LogP contribution in [0.3, 0.4) is 0 Å². The average Bonchev–Trinajstić information content (AvgIpc) is 2.94. The minimum atomic E-state index is 0.931. The second kappa shape index (κ2) is 6.23. The Kier molecular flexibility index (Phi) is 4.89. The van der Waals surface area contributed by atoms with E-state index >= 15 is 0 Å². The van der Waals surface area contributed by atoms with Crippen molar-refractivity contribution >= 4 is 66.0 Å². The van der Waals surface area contributed by atoms with E-state index in [1.54, 1.807) is 22.7 Å². The zero-order valence-electron chi connectivity index (χ0n) is 9.78. The highest BCUT2D eigenvalue weighted by Crippen LogP contribution is 2.24. The van der Waals surface area contributed by atoms with Crippen molar-refractivity contribution in [2.75, 3.05) is 0 Å². The van der Waals surface area contributed by atoms with E-state index in [0.717, 1.165) is 28.8 Å². The van der Waals surface area contributed by atoms with E-state index in [2.05, 4.69) is 42.1 Å². The number of nitrogens with zero attached hydrogens (tertiary/aromatic N) is 2. The van der Waals surface area contributed by atoms with Crippen LogP contribution in [0.15, 0.2) is 42.0 Å². The lowest BCUT2D eigenvalue weighted by Crippen LogP contribution is -1.92. The summed E-state index contributed by atoms with van der Waals surface area (Å²) in [5.41, 5.74) is 1.86. The van der Waals surface area contributed by atoms with Crippen LogP contribution in [0.4, 0.5) is 0 Å². The van der Waals surface area contributed by atoms with E-state index in [9.17, 15) is 0 Å². The summed E-state index contributed by atoms with van der Waals surface area (Å²) < 4.78 is 2.21. The van der Waals surface area contributed by atoms with Crippen LogP contribution in [0.25, 0.3) is 0 Å². The molecule has 2 aromatic heterocycles. The van der Waals surface area contributed by atoms with Crippen LogP contribution in [0, 0.1) is 0 Å². The van der Waals surface area contributed by atoms with Crippen LogP contribution in [-0.4, -0.2) is 11.4 Å². The second-order valence-electron chi connectivity index (χ2n) is 3.58. The van der Waals surface area contributed by atoms with Crippen molar-refractivity contribution in [3.63, 3.8) is 0 Å². The van der Waals surface area contributed by atoms with Gasteiger partial charge in [0.05, 0.1) is 28.8 Å². The predicted octanol–water partition coefficient (Wildman–Crippen LogP) is 5.57. The van der Waals surface area contributed by atoms with E-state index in [1.165, 1.54) is 0 Å². The van der Waals surface area contributed by atoms with Gasteiger partial charge in [-0.15, -0.1) is 22.7 Å². The van der Waals surface area contributed by atoms with Gasteiger partial charge in [-0.25, -0.2) is 0 Å². The SMILES string of the molecule is C/C(=N/N=C(/C)c1ccc(Br)s1)c1ccc(Br)s1. The number of halogens is 2. The first kappa shape index (κ1) is 14.1. The number of thiophene rings is 2. The molecule has 0 aliphatic rings. The minimum absolute atomic E-state index is 0.931. The van der Waals surface area contributed by atoms with Crippen molar-refractivity contribution in [1.82, 2.24) is 0 Å². The highest BCUT2D eigenvalue weighted by Gasteiger charge is 2.03. The molecule has 0 unspecified atom stereocenters. The molecule has 0 amide bonds. The summed E-state index contributed by atoms with van der Waals surface area (Å²) in [5.74, 6) is 0. The Bertz CT molecular complexity index is 557. The molecule has 0 radical (unpaired) electrons. The van der Waals surface area contributed by atoms with Crippen LogP contribution in [-0.2, 0) is 0 Å². The molecule has 0 spiro atoms. The first-order chi connectivity index (χ1) is 8.56. The zero-order chi connectivity index (χ0) is 13.1. The van der Waals surface area contributed by atoms with E-state index in [0.29, 0.717) is 0 Å². The summed E-state index contributed by atoms with van der Waals surface area (Å²) in [7, 11) is 0. The van der Waals surface area contributed by atoms with Crippen molar-refractivity contribution in [1.29, 1.82) is 0 Å². The Hall–Kier alpha value is -0.300. The van der Waals surface area contributed by atoms with Crippen LogP contribution in [0.5, 0.6) is 0 Å². The molecule has 0 aliphatic carbocycles.